The Morgan fingerprint density at radius 3 is 2.63 bits per heavy atom. The summed E-state index contributed by atoms with van der Waals surface area (Å²) in [5.41, 5.74) is 4.38. The number of nitrogens with one attached hydrogen (secondary N) is 2. The number of morpholine rings is 1. The number of rotatable bonds is 3. The first-order chi connectivity index (χ1) is 9.06. The lowest BCUT2D eigenvalue weighted by atomic mass is 10.0. The highest BCUT2D eigenvalue weighted by Crippen LogP contribution is 2.22. The van der Waals surface area contributed by atoms with Gasteiger partial charge in [0, 0.05) is 24.7 Å². The minimum absolute atomic E-state index is 0.0399. The molecule has 0 bridgehead atoms. The monoisotopic (exact) mass is 262 g/mol. The molecule has 2 N–H and O–H groups in total. The van der Waals surface area contributed by atoms with Gasteiger partial charge >= 0.3 is 0 Å². The second kappa shape index (κ2) is 6.17. The van der Waals surface area contributed by atoms with E-state index in [2.05, 4.69) is 29.7 Å². The van der Waals surface area contributed by atoms with Crippen molar-refractivity contribution in [1.29, 1.82) is 0 Å². The van der Waals surface area contributed by atoms with Gasteiger partial charge in [-0.05, 0) is 31.9 Å². The van der Waals surface area contributed by atoms with Crippen LogP contribution >= 0.6 is 0 Å². The van der Waals surface area contributed by atoms with Gasteiger partial charge in [-0.3, -0.25) is 4.79 Å². The molecule has 4 nitrogen and oxygen atoms in total. The molecule has 1 fully saturated rings. The molecular formula is C15H22N2O2. The average Bonchev–Trinajstić information content (AvgIpc) is 2.35. The third kappa shape index (κ3) is 3.78. The molecule has 1 aliphatic heterocycles. The fourth-order valence-electron chi connectivity index (χ4n) is 2.54. The molecule has 4 heteroatoms. The summed E-state index contributed by atoms with van der Waals surface area (Å²) in [6.07, 6.45) is 0.451. The SMILES string of the molecule is Cc1cc(C)c(NC(=O)CC2COCCN2)c(C)c1. The van der Waals surface area contributed by atoms with Crippen molar-refractivity contribution in [3.63, 3.8) is 0 Å². The highest BCUT2D eigenvalue weighted by Gasteiger charge is 2.17. The molecule has 104 valence electrons. The lowest BCUT2D eigenvalue weighted by Gasteiger charge is -2.23. The smallest absolute Gasteiger partial charge is 0.226 e. The van der Waals surface area contributed by atoms with Gasteiger partial charge in [-0.25, -0.2) is 0 Å². The molecule has 1 aromatic carbocycles. The molecule has 1 heterocycles. The van der Waals surface area contributed by atoms with Crippen LogP contribution in [0.3, 0.4) is 0 Å². The van der Waals surface area contributed by atoms with Crippen LogP contribution in [0.5, 0.6) is 0 Å². The number of carbonyl (C=O) groups is 1. The quantitative estimate of drug-likeness (QED) is 0.875. The van der Waals surface area contributed by atoms with Crippen LogP contribution in [0.4, 0.5) is 5.69 Å². The summed E-state index contributed by atoms with van der Waals surface area (Å²) in [5.74, 6) is 0.0399. The standard InChI is InChI=1S/C15H22N2O2/c1-10-6-11(2)15(12(3)7-10)17-14(18)8-13-9-19-5-4-16-13/h6-7,13,16H,4-5,8-9H2,1-3H3,(H,17,18). The van der Waals surface area contributed by atoms with E-state index >= 15 is 0 Å². The van der Waals surface area contributed by atoms with E-state index in [1.807, 2.05) is 13.8 Å². The van der Waals surface area contributed by atoms with E-state index in [0.29, 0.717) is 13.0 Å². The molecule has 0 aliphatic carbocycles. The lowest BCUT2D eigenvalue weighted by Crippen LogP contribution is -2.43. The van der Waals surface area contributed by atoms with Gasteiger partial charge in [0.25, 0.3) is 0 Å². The van der Waals surface area contributed by atoms with Gasteiger partial charge in [0.15, 0.2) is 0 Å². The number of anilines is 1. The number of aryl methyl sites for hydroxylation is 3. The number of benzene rings is 1. The molecule has 1 saturated heterocycles. The van der Waals surface area contributed by atoms with Crippen molar-refractivity contribution in [2.45, 2.75) is 33.2 Å². The second-order valence-corrected chi connectivity index (χ2v) is 5.25. The summed E-state index contributed by atoms with van der Waals surface area (Å²) in [7, 11) is 0. The highest BCUT2D eigenvalue weighted by molar-refractivity contribution is 5.92. The Bertz CT molecular complexity index is 442. The van der Waals surface area contributed by atoms with E-state index in [1.54, 1.807) is 0 Å². The second-order valence-electron chi connectivity index (χ2n) is 5.25. The van der Waals surface area contributed by atoms with Crippen molar-refractivity contribution in [2.75, 3.05) is 25.1 Å². The van der Waals surface area contributed by atoms with Crippen LogP contribution in [-0.2, 0) is 9.53 Å². The average molecular weight is 262 g/mol. The van der Waals surface area contributed by atoms with E-state index in [9.17, 15) is 4.79 Å². The maximum absolute atomic E-state index is 12.1. The molecule has 0 spiro atoms. The minimum Gasteiger partial charge on any atom is -0.378 e. The Morgan fingerprint density at radius 1 is 1.37 bits per heavy atom. The van der Waals surface area contributed by atoms with Crippen LogP contribution in [0.2, 0.25) is 0 Å². The lowest BCUT2D eigenvalue weighted by molar-refractivity contribution is -0.117. The molecular weight excluding hydrogens is 240 g/mol. The summed E-state index contributed by atoms with van der Waals surface area (Å²) < 4.78 is 5.35. The van der Waals surface area contributed by atoms with Crippen molar-refractivity contribution >= 4 is 11.6 Å². The Labute approximate surface area is 114 Å². The zero-order valence-electron chi connectivity index (χ0n) is 11.9. The fraction of sp³-hybridized carbons (Fsp3) is 0.533. The summed E-state index contributed by atoms with van der Waals surface area (Å²) >= 11 is 0. The zero-order valence-corrected chi connectivity index (χ0v) is 11.9. The van der Waals surface area contributed by atoms with Crippen molar-refractivity contribution in [3.8, 4) is 0 Å². The third-order valence-electron chi connectivity index (χ3n) is 3.37. The van der Waals surface area contributed by atoms with Gasteiger partial charge in [-0.2, -0.15) is 0 Å². The number of hydrogen-bond acceptors (Lipinski definition) is 3. The van der Waals surface area contributed by atoms with Gasteiger partial charge in [0.1, 0.15) is 0 Å². The molecule has 1 aromatic rings. The number of carbonyl (C=O) groups excluding carboxylic acids is 1. The van der Waals surface area contributed by atoms with Gasteiger partial charge in [-0.15, -0.1) is 0 Å². The predicted octanol–water partition coefficient (Wildman–Crippen LogP) is 1.93. The first-order valence-corrected chi connectivity index (χ1v) is 6.75. The number of amides is 1. The molecule has 1 amide bonds. The topological polar surface area (TPSA) is 50.4 Å². The molecule has 0 radical (unpaired) electrons. The number of hydrogen-bond donors (Lipinski definition) is 2. The molecule has 2 rings (SSSR count). The Kier molecular flexibility index (Phi) is 4.56. The van der Waals surface area contributed by atoms with Gasteiger partial charge in [0.2, 0.25) is 5.91 Å². The third-order valence-corrected chi connectivity index (χ3v) is 3.37. The summed E-state index contributed by atoms with van der Waals surface area (Å²) in [6, 6.07) is 4.30. The van der Waals surface area contributed by atoms with Crippen LogP contribution in [0.15, 0.2) is 12.1 Å². The maximum Gasteiger partial charge on any atom is 0.226 e. The van der Waals surface area contributed by atoms with Gasteiger partial charge in [-0.1, -0.05) is 17.7 Å². The molecule has 1 aliphatic rings. The fourth-order valence-corrected chi connectivity index (χ4v) is 2.54. The predicted molar refractivity (Wildman–Crippen MR) is 76.5 cm³/mol. The highest BCUT2D eigenvalue weighted by atomic mass is 16.5. The van der Waals surface area contributed by atoms with E-state index in [1.165, 1.54) is 5.56 Å². The molecule has 0 aromatic heterocycles. The first-order valence-electron chi connectivity index (χ1n) is 6.75. The van der Waals surface area contributed by atoms with E-state index in [-0.39, 0.29) is 11.9 Å². The first kappa shape index (κ1) is 14.0. The van der Waals surface area contributed by atoms with Crippen molar-refractivity contribution in [2.24, 2.45) is 0 Å². The van der Waals surface area contributed by atoms with Crippen LogP contribution in [-0.4, -0.2) is 31.7 Å². The van der Waals surface area contributed by atoms with E-state index in [0.717, 1.165) is 30.0 Å². The summed E-state index contributed by atoms with van der Waals surface area (Å²) in [5, 5.41) is 6.31. The Hall–Kier alpha value is -1.39. The normalized spacial score (nSPS) is 19.2. The zero-order chi connectivity index (χ0) is 13.8. The van der Waals surface area contributed by atoms with Gasteiger partial charge in [0.05, 0.1) is 13.2 Å². The Balaban J connectivity index is 1.98. The van der Waals surface area contributed by atoms with Crippen LogP contribution in [0.25, 0.3) is 0 Å². The van der Waals surface area contributed by atoms with Crippen molar-refractivity contribution in [3.05, 3.63) is 28.8 Å². The largest absolute Gasteiger partial charge is 0.378 e. The number of ether oxygens (including phenoxy) is 1. The molecule has 1 atom stereocenters. The summed E-state index contributed by atoms with van der Waals surface area (Å²) in [6.45, 7) is 8.28. The Morgan fingerprint density at radius 2 is 2.05 bits per heavy atom. The van der Waals surface area contributed by atoms with Crippen LogP contribution in [0.1, 0.15) is 23.1 Å². The molecule has 1 unspecified atom stereocenters. The van der Waals surface area contributed by atoms with Crippen LogP contribution in [0, 0.1) is 20.8 Å². The maximum atomic E-state index is 12.1. The van der Waals surface area contributed by atoms with Gasteiger partial charge < -0.3 is 15.4 Å². The molecule has 0 saturated carbocycles. The van der Waals surface area contributed by atoms with E-state index < -0.39 is 0 Å². The van der Waals surface area contributed by atoms with E-state index in [4.69, 9.17) is 4.74 Å². The van der Waals surface area contributed by atoms with Crippen LogP contribution < -0.4 is 10.6 Å². The van der Waals surface area contributed by atoms with Crippen molar-refractivity contribution < 1.29 is 9.53 Å². The van der Waals surface area contributed by atoms with Crippen molar-refractivity contribution in [1.82, 2.24) is 5.32 Å². The molecule has 19 heavy (non-hydrogen) atoms. The minimum atomic E-state index is 0.0399. The summed E-state index contributed by atoms with van der Waals surface area (Å²) in [4.78, 5) is 12.1.